The summed E-state index contributed by atoms with van der Waals surface area (Å²) in [6.45, 7) is 11.7. The minimum absolute atomic E-state index is 0.0182. The SMILES string of the molecule is CCOC(=O)c1cnc(Nc2cnn(C)c2)nc1NC1CCC(N2CCN(C(=O)C3CCC(C(=O)N4CCC(CCCN5CCN(C6CCC(=O)NC6=O)CC5)CC4)CC3)CC2)CC1. The summed E-state index contributed by atoms with van der Waals surface area (Å²) >= 11 is 0. The molecule has 1 atom stereocenters. The quantitative estimate of drug-likeness (QED) is 0.185. The lowest BCUT2D eigenvalue weighted by molar-refractivity contribution is -0.143. The third-order valence-corrected chi connectivity index (χ3v) is 14.9. The Kier molecular flexibility index (Phi) is 15.4. The van der Waals surface area contributed by atoms with Crippen LogP contribution in [0, 0.1) is 17.8 Å². The van der Waals surface area contributed by atoms with Crippen LogP contribution in [0.2, 0.25) is 0 Å². The number of amides is 4. The first kappa shape index (κ1) is 45.9. The summed E-state index contributed by atoms with van der Waals surface area (Å²) in [5.41, 5.74) is 1.07. The van der Waals surface area contributed by atoms with E-state index in [2.05, 4.69) is 55.5 Å². The van der Waals surface area contributed by atoms with Crippen molar-refractivity contribution in [3.8, 4) is 0 Å². The summed E-state index contributed by atoms with van der Waals surface area (Å²) in [6, 6.07) is 0.452. The minimum Gasteiger partial charge on any atom is -0.462 e. The van der Waals surface area contributed by atoms with Crippen molar-refractivity contribution in [3.05, 3.63) is 24.2 Å². The second-order valence-corrected chi connectivity index (χ2v) is 19.0. The van der Waals surface area contributed by atoms with E-state index in [-0.39, 0.29) is 48.2 Å². The molecule has 0 aromatic carbocycles. The van der Waals surface area contributed by atoms with Crippen LogP contribution in [0.4, 0.5) is 17.5 Å². The number of carbonyl (C=O) groups excluding carboxylic acids is 5. The number of nitrogens with zero attached hydrogens (tertiary/aromatic N) is 9. The first-order valence-electron chi connectivity index (χ1n) is 24.3. The molecular weight excluding hydrogens is 817 g/mol. The molecule has 350 valence electrons. The predicted molar refractivity (Wildman–Crippen MR) is 240 cm³/mol. The summed E-state index contributed by atoms with van der Waals surface area (Å²) in [5, 5.41) is 13.4. The zero-order valence-corrected chi connectivity index (χ0v) is 38.1. The molecule has 6 fully saturated rings. The van der Waals surface area contributed by atoms with Crippen LogP contribution in [0.5, 0.6) is 0 Å². The fraction of sp³-hybridized carbons (Fsp3) is 0.739. The van der Waals surface area contributed by atoms with Gasteiger partial charge in [0.25, 0.3) is 0 Å². The highest BCUT2D eigenvalue weighted by molar-refractivity contribution is 6.00. The third kappa shape index (κ3) is 11.6. The Morgan fingerprint density at radius 2 is 1.44 bits per heavy atom. The van der Waals surface area contributed by atoms with E-state index in [1.165, 1.54) is 12.6 Å². The fourth-order valence-electron chi connectivity index (χ4n) is 11.1. The number of nitrogens with one attached hydrogen (secondary N) is 3. The lowest BCUT2D eigenvalue weighted by Gasteiger charge is -2.43. The number of likely N-dealkylation sites (tertiary alicyclic amines) is 1. The summed E-state index contributed by atoms with van der Waals surface area (Å²) in [6.07, 6.45) is 17.7. The van der Waals surface area contributed by atoms with Crippen LogP contribution >= 0.6 is 0 Å². The van der Waals surface area contributed by atoms with Gasteiger partial charge < -0.3 is 30.1 Å². The molecule has 4 aliphatic heterocycles. The zero-order chi connectivity index (χ0) is 44.6. The molecule has 3 N–H and O–H groups in total. The monoisotopic (exact) mass is 887 g/mol. The topological polar surface area (TPSA) is 190 Å². The Hall–Kier alpha value is -4.68. The molecule has 0 bridgehead atoms. The number of aromatic nitrogens is 4. The maximum atomic E-state index is 13.7. The molecule has 0 radical (unpaired) electrons. The fourth-order valence-corrected chi connectivity index (χ4v) is 11.1. The Balaban J connectivity index is 0.697. The number of piperidine rings is 2. The average molecular weight is 887 g/mol. The van der Waals surface area contributed by atoms with Crippen molar-refractivity contribution in [1.82, 2.24) is 49.6 Å². The highest BCUT2D eigenvalue weighted by Crippen LogP contribution is 2.34. The number of piperazine rings is 2. The van der Waals surface area contributed by atoms with Crippen LogP contribution in [-0.4, -0.2) is 171 Å². The van der Waals surface area contributed by atoms with E-state index >= 15 is 0 Å². The molecule has 6 aliphatic rings. The van der Waals surface area contributed by atoms with E-state index in [9.17, 15) is 24.0 Å². The van der Waals surface area contributed by atoms with Crippen LogP contribution in [0.3, 0.4) is 0 Å². The molecule has 18 heteroatoms. The highest BCUT2D eigenvalue weighted by Gasteiger charge is 2.38. The van der Waals surface area contributed by atoms with Crippen LogP contribution in [0.15, 0.2) is 18.6 Å². The van der Waals surface area contributed by atoms with E-state index in [1.54, 1.807) is 17.8 Å². The summed E-state index contributed by atoms with van der Waals surface area (Å²) in [7, 11) is 1.84. The number of anilines is 3. The maximum Gasteiger partial charge on any atom is 0.343 e. The maximum absolute atomic E-state index is 13.7. The van der Waals surface area contributed by atoms with Gasteiger partial charge in [0.1, 0.15) is 11.4 Å². The van der Waals surface area contributed by atoms with Crippen molar-refractivity contribution in [2.45, 2.75) is 115 Å². The van der Waals surface area contributed by atoms with Gasteiger partial charge >= 0.3 is 5.97 Å². The second-order valence-electron chi connectivity index (χ2n) is 19.0. The standard InChI is InChI=1S/C46H70N12O6/c1-3-64-45(63)38-30-47-46(50-36-29-48-53(2)31-36)52-41(38)49-35-10-12-37(13-11-35)55-25-27-58(28-26-55)44(62)34-8-6-33(7-9-34)43(61)57-19-16-32(17-20-57)5-4-18-54-21-23-56(24-22-54)39-14-15-40(59)51-42(39)60/h29-35,37,39H,3-28H2,1-2H3,(H,51,59,60)(H2,47,49,50,52). The van der Waals surface area contributed by atoms with Gasteiger partial charge in [0.2, 0.25) is 29.6 Å². The van der Waals surface area contributed by atoms with Gasteiger partial charge in [-0.2, -0.15) is 10.1 Å². The number of hydrogen-bond donors (Lipinski definition) is 3. The van der Waals surface area contributed by atoms with Gasteiger partial charge in [-0.1, -0.05) is 0 Å². The molecule has 2 aromatic heterocycles. The predicted octanol–water partition coefficient (Wildman–Crippen LogP) is 3.25. The van der Waals surface area contributed by atoms with E-state index in [4.69, 9.17) is 4.74 Å². The number of ether oxygens (including phenoxy) is 1. The summed E-state index contributed by atoms with van der Waals surface area (Å²) in [5.74, 6) is 1.39. The molecule has 18 nitrogen and oxygen atoms in total. The van der Waals surface area contributed by atoms with Gasteiger partial charge in [-0.15, -0.1) is 0 Å². The number of rotatable bonds is 14. The van der Waals surface area contributed by atoms with Gasteiger partial charge in [0, 0.05) is 115 Å². The van der Waals surface area contributed by atoms with Crippen molar-refractivity contribution < 1.29 is 28.7 Å². The van der Waals surface area contributed by atoms with E-state index < -0.39 is 5.97 Å². The van der Waals surface area contributed by atoms with Crippen LogP contribution < -0.4 is 16.0 Å². The lowest BCUT2D eigenvalue weighted by atomic mass is 9.80. The van der Waals surface area contributed by atoms with Crippen molar-refractivity contribution in [3.63, 3.8) is 0 Å². The molecule has 0 spiro atoms. The van der Waals surface area contributed by atoms with Crippen molar-refractivity contribution in [2.75, 3.05) is 89.2 Å². The molecular formula is C46H70N12O6. The summed E-state index contributed by atoms with van der Waals surface area (Å²) in [4.78, 5) is 84.4. The number of imide groups is 1. The lowest BCUT2D eigenvalue weighted by Crippen LogP contribution is -2.57. The second kappa shape index (κ2) is 21.5. The number of esters is 1. The van der Waals surface area contributed by atoms with Gasteiger partial charge in [-0.25, -0.2) is 9.78 Å². The van der Waals surface area contributed by atoms with E-state index in [1.807, 2.05) is 13.2 Å². The smallest absolute Gasteiger partial charge is 0.343 e. The van der Waals surface area contributed by atoms with Crippen LogP contribution in [-0.2, 0) is 31.0 Å². The molecule has 2 aliphatic carbocycles. The Morgan fingerprint density at radius 3 is 2.06 bits per heavy atom. The molecule has 4 amide bonds. The first-order chi connectivity index (χ1) is 31.1. The zero-order valence-electron chi connectivity index (χ0n) is 38.1. The Labute approximate surface area is 377 Å². The minimum atomic E-state index is -0.450. The van der Waals surface area contributed by atoms with Crippen LogP contribution in [0.25, 0.3) is 0 Å². The molecule has 2 saturated carbocycles. The van der Waals surface area contributed by atoms with Crippen molar-refractivity contribution >= 4 is 47.1 Å². The normalized spacial score (nSPS) is 26.9. The largest absolute Gasteiger partial charge is 0.462 e. The van der Waals surface area contributed by atoms with E-state index in [0.29, 0.717) is 48.0 Å². The van der Waals surface area contributed by atoms with Gasteiger partial charge in [0.15, 0.2) is 0 Å². The molecule has 6 heterocycles. The van der Waals surface area contributed by atoms with Gasteiger partial charge in [-0.05, 0) is 103 Å². The Morgan fingerprint density at radius 1 is 0.781 bits per heavy atom. The average Bonchev–Trinajstić information content (AvgIpc) is 3.73. The van der Waals surface area contributed by atoms with Gasteiger partial charge in [-0.3, -0.25) is 39.0 Å². The first-order valence-corrected chi connectivity index (χ1v) is 24.3. The van der Waals surface area contributed by atoms with Crippen molar-refractivity contribution in [2.24, 2.45) is 24.8 Å². The highest BCUT2D eigenvalue weighted by atomic mass is 16.5. The van der Waals surface area contributed by atoms with Crippen molar-refractivity contribution in [1.29, 1.82) is 0 Å². The number of hydrogen-bond acceptors (Lipinski definition) is 14. The number of aryl methyl sites for hydroxylation is 1. The third-order valence-electron chi connectivity index (χ3n) is 14.9. The summed E-state index contributed by atoms with van der Waals surface area (Å²) < 4.78 is 6.99. The number of carbonyl (C=O) groups is 5. The molecule has 64 heavy (non-hydrogen) atoms. The molecule has 2 aromatic rings. The molecule has 4 saturated heterocycles. The molecule has 8 rings (SSSR count). The van der Waals surface area contributed by atoms with E-state index in [0.717, 1.165) is 148 Å². The molecule has 1 unspecified atom stereocenters. The van der Waals surface area contributed by atoms with Crippen LogP contribution in [0.1, 0.15) is 107 Å². The van der Waals surface area contributed by atoms with Gasteiger partial charge in [0.05, 0.1) is 24.5 Å². The Bertz CT molecular complexity index is 1920.